The Morgan fingerprint density at radius 2 is 2.00 bits per heavy atom. The average Bonchev–Trinajstić information content (AvgIpc) is 2.38. The number of nitrogens with two attached hydrogens (primary N) is 1. The van der Waals surface area contributed by atoms with Gasteiger partial charge in [0, 0.05) is 12.6 Å². The van der Waals surface area contributed by atoms with Crippen molar-refractivity contribution >= 4 is 11.8 Å². The fourth-order valence-corrected chi connectivity index (χ4v) is 1.76. The summed E-state index contributed by atoms with van der Waals surface area (Å²) < 4.78 is 32.2. The number of benzene rings is 1. The largest absolute Gasteiger partial charge is 0.444 e. The maximum Gasteiger partial charge on any atom is 0.407 e. The number of amides is 1. The van der Waals surface area contributed by atoms with Gasteiger partial charge in [0.25, 0.3) is 0 Å². The first-order valence-electron chi connectivity index (χ1n) is 6.84. The van der Waals surface area contributed by atoms with E-state index in [9.17, 15) is 23.7 Å². The highest BCUT2D eigenvalue weighted by Crippen LogP contribution is 2.22. The number of ether oxygens (including phenoxy) is 1. The minimum atomic E-state index is -1.14. The van der Waals surface area contributed by atoms with Crippen molar-refractivity contribution in [3.05, 3.63) is 39.4 Å². The van der Waals surface area contributed by atoms with Gasteiger partial charge in [-0.25, -0.2) is 9.18 Å². The fourth-order valence-electron chi connectivity index (χ4n) is 1.76. The smallest absolute Gasteiger partial charge is 0.407 e. The van der Waals surface area contributed by atoms with Crippen LogP contribution in [0.3, 0.4) is 0 Å². The first kappa shape index (κ1) is 18.8. The molecule has 9 heteroatoms. The SMILES string of the molecule is CC(C)(C)OC(=O)NCC(N)Cc1cc(F)c([N+](=O)[O-])cc1F. The van der Waals surface area contributed by atoms with Crippen molar-refractivity contribution in [2.24, 2.45) is 5.73 Å². The van der Waals surface area contributed by atoms with Crippen LogP contribution in [0.25, 0.3) is 0 Å². The van der Waals surface area contributed by atoms with Gasteiger partial charge < -0.3 is 15.8 Å². The Labute approximate surface area is 131 Å². The second-order valence-corrected chi connectivity index (χ2v) is 6.00. The minimum absolute atomic E-state index is 0.0209. The van der Waals surface area contributed by atoms with Crippen molar-refractivity contribution in [1.82, 2.24) is 5.32 Å². The highest BCUT2D eigenvalue weighted by Gasteiger charge is 2.20. The predicted octanol–water partition coefficient (Wildman–Crippen LogP) is 2.27. The highest BCUT2D eigenvalue weighted by atomic mass is 19.1. The van der Waals surface area contributed by atoms with Crippen LogP contribution in [-0.4, -0.2) is 29.2 Å². The van der Waals surface area contributed by atoms with Gasteiger partial charge in [0.15, 0.2) is 0 Å². The Morgan fingerprint density at radius 1 is 1.39 bits per heavy atom. The van der Waals surface area contributed by atoms with E-state index in [2.05, 4.69) is 5.32 Å². The number of rotatable bonds is 5. The maximum atomic E-state index is 13.7. The summed E-state index contributed by atoms with van der Waals surface area (Å²) in [5, 5.41) is 12.9. The van der Waals surface area contributed by atoms with Gasteiger partial charge in [-0.2, -0.15) is 4.39 Å². The molecule has 0 saturated heterocycles. The van der Waals surface area contributed by atoms with Crippen molar-refractivity contribution in [3.63, 3.8) is 0 Å². The molecule has 0 spiro atoms. The lowest BCUT2D eigenvalue weighted by atomic mass is 10.0. The average molecular weight is 331 g/mol. The quantitative estimate of drug-likeness (QED) is 0.635. The molecule has 0 fully saturated rings. The number of hydrogen-bond donors (Lipinski definition) is 2. The molecule has 0 aromatic heterocycles. The Morgan fingerprint density at radius 3 is 2.52 bits per heavy atom. The van der Waals surface area contributed by atoms with Crippen LogP contribution < -0.4 is 11.1 Å². The molecule has 1 atom stereocenters. The lowest BCUT2D eigenvalue weighted by Crippen LogP contribution is -2.41. The van der Waals surface area contributed by atoms with Gasteiger partial charge >= 0.3 is 11.8 Å². The third-order valence-corrected chi connectivity index (χ3v) is 2.70. The van der Waals surface area contributed by atoms with Crippen molar-refractivity contribution < 1.29 is 23.2 Å². The number of nitro groups is 1. The summed E-state index contributed by atoms with van der Waals surface area (Å²) in [5.41, 5.74) is 4.03. The molecule has 3 N–H and O–H groups in total. The van der Waals surface area contributed by atoms with E-state index in [1.54, 1.807) is 20.8 Å². The van der Waals surface area contributed by atoms with E-state index in [0.29, 0.717) is 6.07 Å². The highest BCUT2D eigenvalue weighted by molar-refractivity contribution is 5.67. The van der Waals surface area contributed by atoms with Crippen molar-refractivity contribution in [3.8, 4) is 0 Å². The molecule has 0 saturated carbocycles. The number of nitrogens with zero attached hydrogens (tertiary/aromatic N) is 1. The summed E-state index contributed by atoms with van der Waals surface area (Å²) >= 11 is 0. The normalized spacial score (nSPS) is 12.6. The summed E-state index contributed by atoms with van der Waals surface area (Å²) in [6.07, 6.45) is -0.778. The van der Waals surface area contributed by atoms with E-state index in [-0.39, 0.29) is 18.5 Å². The maximum absolute atomic E-state index is 13.7. The van der Waals surface area contributed by atoms with Crippen LogP contribution in [0.4, 0.5) is 19.3 Å². The molecular formula is C14H19F2N3O4. The zero-order chi connectivity index (χ0) is 17.8. The van der Waals surface area contributed by atoms with E-state index in [1.165, 1.54) is 0 Å². The minimum Gasteiger partial charge on any atom is -0.444 e. The molecule has 0 bridgehead atoms. The van der Waals surface area contributed by atoms with Crippen molar-refractivity contribution in [2.45, 2.75) is 38.8 Å². The Kier molecular flexibility index (Phi) is 5.97. The van der Waals surface area contributed by atoms with Crippen molar-refractivity contribution in [1.29, 1.82) is 0 Å². The Bertz CT molecular complexity index is 602. The van der Waals surface area contributed by atoms with E-state index < -0.39 is 40.0 Å². The van der Waals surface area contributed by atoms with Gasteiger partial charge in [0.2, 0.25) is 5.82 Å². The summed E-state index contributed by atoms with van der Waals surface area (Å²) in [5.74, 6) is -2.07. The molecule has 7 nitrogen and oxygen atoms in total. The van der Waals surface area contributed by atoms with E-state index in [1.807, 2.05) is 0 Å². The topological polar surface area (TPSA) is 107 Å². The van der Waals surface area contributed by atoms with Gasteiger partial charge in [-0.05, 0) is 38.8 Å². The van der Waals surface area contributed by atoms with E-state index in [0.717, 1.165) is 6.07 Å². The number of carbonyl (C=O) groups is 1. The summed E-state index contributed by atoms with van der Waals surface area (Å²) in [7, 11) is 0. The van der Waals surface area contributed by atoms with Crippen LogP contribution in [0.1, 0.15) is 26.3 Å². The third-order valence-electron chi connectivity index (χ3n) is 2.70. The lowest BCUT2D eigenvalue weighted by Gasteiger charge is -2.20. The van der Waals surface area contributed by atoms with Gasteiger partial charge in [-0.3, -0.25) is 10.1 Å². The summed E-state index contributed by atoms with van der Waals surface area (Å²) in [6.45, 7) is 5.07. The Balaban J connectivity index is 2.64. The molecule has 23 heavy (non-hydrogen) atoms. The van der Waals surface area contributed by atoms with Crippen LogP contribution in [0, 0.1) is 21.7 Å². The van der Waals surface area contributed by atoms with Crippen LogP contribution in [0.15, 0.2) is 12.1 Å². The number of carbonyl (C=O) groups excluding carboxylic acids is 1. The fraction of sp³-hybridized carbons (Fsp3) is 0.500. The predicted molar refractivity (Wildman–Crippen MR) is 78.9 cm³/mol. The molecule has 1 unspecified atom stereocenters. The first-order valence-corrected chi connectivity index (χ1v) is 6.84. The number of halogens is 2. The van der Waals surface area contributed by atoms with Gasteiger partial charge in [0.05, 0.1) is 11.0 Å². The third kappa shape index (κ3) is 6.15. The first-order chi connectivity index (χ1) is 10.5. The lowest BCUT2D eigenvalue weighted by molar-refractivity contribution is -0.387. The summed E-state index contributed by atoms with van der Waals surface area (Å²) in [6, 6.07) is 0.539. The second kappa shape index (κ2) is 7.32. The number of nitrogens with one attached hydrogen (secondary N) is 1. The zero-order valence-corrected chi connectivity index (χ0v) is 13.1. The van der Waals surface area contributed by atoms with Crippen LogP contribution in [0.5, 0.6) is 0 Å². The van der Waals surface area contributed by atoms with Crippen LogP contribution >= 0.6 is 0 Å². The molecule has 1 aromatic rings. The molecule has 128 valence electrons. The number of nitro benzene ring substituents is 1. The van der Waals surface area contributed by atoms with Gasteiger partial charge in [-0.15, -0.1) is 0 Å². The molecular weight excluding hydrogens is 312 g/mol. The molecule has 0 aliphatic carbocycles. The molecule has 0 heterocycles. The molecule has 1 aromatic carbocycles. The molecule has 1 rings (SSSR count). The molecule has 0 radical (unpaired) electrons. The Hall–Kier alpha value is -2.29. The standard InChI is InChI=1S/C14H19F2N3O4/c1-14(2,3)23-13(20)18-7-9(17)4-8-5-11(16)12(19(21)22)6-10(8)15/h5-6,9H,4,7,17H2,1-3H3,(H,18,20). The summed E-state index contributed by atoms with van der Waals surface area (Å²) in [4.78, 5) is 21.0. The molecule has 0 aliphatic rings. The van der Waals surface area contributed by atoms with Crippen molar-refractivity contribution in [2.75, 3.05) is 6.54 Å². The van der Waals surface area contributed by atoms with E-state index >= 15 is 0 Å². The number of hydrogen-bond acceptors (Lipinski definition) is 5. The van der Waals surface area contributed by atoms with Crippen LogP contribution in [-0.2, 0) is 11.2 Å². The molecule has 1 amide bonds. The number of alkyl carbamates (subject to hydrolysis) is 1. The molecule has 0 aliphatic heterocycles. The van der Waals surface area contributed by atoms with Gasteiger partial charge in [0.1, 0.15) is 11.4 Å². The van der Waals surface area contributed by atoms with Gasteiger partial charge in [-0.1, -0.05) is 0 Å². The monoisotopic (exact) mass is 331 g/mol. The van der Waals surface area contributed by atoms with E-state index in [4.69, 9.17) is 10.5 Å². The second-order valence-electron chi connectivity index (χ2n) is 6.00. The van der Waals surface area contributed by atoms with Crippen LogP contribution in [0.2, 0.25) is 0 Å². The zero-order valence-electron chi connectivity index (χ0n) is 13.1.